The SMILES string of the molecule is C=C(C)C(=O)Oc1ccc(Cc2ccc(C3(c4ccc(Cc5ccc(OC(=O)C(=C)C)cc5)cc4)CCC(C4CCC(CCCCC)CC4)CC3)cc2)cc1. The lowest BCUT2D eigenvalue weighted by atomic mass is 9.60. The third-order valence-corrected chi connectivity index (χ3v) is 12.5. The molecule has 0 aliphatic heterocycles. The van der Waals surface area contributed by atoms with E-state index in [-0.39, 0.29) is 5.41 Å². The van der Waals surface area contributed by atoms with Crippen molar-refractivity contribution in [1.82, 2.24) is 0 Å². The van der Waals surface area contributed by atoms with E-state index in [9.17, 15) is 9.59 Å². The van der Waals surface area contributed by atoms with Crippen molar-refractivity contribution < 1.29 is 19.1 Å². The van der Waals surface area contributed by atoms with Crippen LogP contribution in [0.15, 0.2) is 121 Å². The van der Waals surface area contributed by atoms with Gasteiger partial charge in [-0.3, -0.25) is 0 Å². The second-order valence-electron chi connectivity index (χ2n) is 16.6. The molecule has 0 saturated heterocycles. The van der Waals surface area contributed by atoms with E-state index in [2.05, 4.69) is 68.6 Å². The Kier molecular flexibility index (Phi) is 13.6. The molecular weight excluding hydrogens is 677 g/mol. The molecule has 6 rings (SSSR count). The summed E-state index contributed by atoms with van der Waals surface area (Å²) in [5.74, 6) is 2.94. The van der Waals surface area contributed by atoms with Gasteiger partial charge in [0.25, 0.3) is 0 Å². The minimum atomic E-state index is -0.402. The van der Waals surface area contributed by atoms with Gasteiger partial charge in [-0.2, -0.15) is 0 Å². The van der Waals surface area contributed by atoms with Crippen LogP contribution >= 0.6 is 0 Å². The second kappa shape index (κ2) is 18.8. The van der Waals surface area contributed by atoms with Gasteiger partial charge in [-0.15, -0.1) is 0 Å². The lowest BCUT2D eigenvalue weighted by Gasteiger charge is -2.45. The van der Waals surface area contributed by atoms with Crippen molar-refractivity contribution in [3.8, 4) is 11.5 Å². The molecule has 0 atom stereocenters. The summed E-state index contributed by atoms with van der Waals surface area (Å²) < 4.78 is 10.8. The molecule has 2 aliphatic rings. The molecular formula is C51H60O4. The fraction of sp³-hybridized carbons (Fsp3) is 0.412. The molecule has 0 radical (unpaired) electrons. The quantitative estimate of drug-likeness (QED) is 0.0528. The number of rotatable bonds is 15. The topological polar surface area (TPSA) is 52.6 Å². The Morgan fingerprint density at radius 1 is 0.564 bits per heavy atom. The van der Waals surface area contributed by atoms with E-state index < -0.39 is 11.9 Å². The van der Waals surface area contributed by atoms with Gasteiger partial charge in [0.05, 0.1) is 0 Å². The lowest BCUT2D eigenvalue weighted by molar-refractivity contribution is -0.130. The van der Waals surface area contributed by atoms with E-state index in [4.69, 9.17) is 9.47 Å². The number of carbonyl (C=O) groups excluding carboxylic acids is 2. The molecule has 4 nitrogen and oxygen atoms in total. The van der Waals surface area contributed by atoms with Gasteiger partial charge < -0.3 is 9.47 Å². The summed E-state index contributed by atoms with van der Waals surface area (Å²) in [5, 5.41) is 0. The Morgan fingerprint density at radius 2 is 0.945 bits per heavy atom. The van der Waals surface area contributed by atoms with Gasteiger partial charge in [-0.05, 0) is 141 Å². The van der Waals surface area contributed by atoms with E-state index in [1.54, 1.807) is 13.8 Å². The summed E-state index contributed by atoms with van der Waals surface area (Å²) in [4.78, 5) is 23.9. The highest BCUT2D eigenvalue weighted by Crippen LogP contribution is 2.50. The van der Waals surface area contributed by atoms with Crippen molar-refractivity contribution in [2.45, 2.75) is 116 Å². The number of esters is 2. The third-order valence-electron chi connectivity index (χ3n) is 12.5. The van der Waals surface area contributed by atoms with Crippen LogP contribution in [0, 0.1) is 17.8 Å². The first kappa shape index (κ1) is 40.0. The number of hydrogen-bond acceptors (Lipinski definition) is 4. The molecule has 2 fully saturated rings. The molecule has 0 aromatic heterocycles. The van der Waals surface area contributed by atoms with Crippen LogP contribution in [0.5, 0.6) is 11.5 Å². The first-order chi connectivity index (χ1) is 26.6. The van der Waals surface area contributed by atoms with Crippen molar-refractivity contribution in [1.29, 1.82) is 0 Å². The molecule has 0 spiro atoms. The maximum Gasteiger partial charge on any atom is 0.338 e. The van der Waals surface area contributed by atoms with E-state index in [0.29, 0.717) is 22.6 Å². The first-order valence-electron chi connectivity index (χ1n) is 20.7. The Labute approximate surface area is 330 Å². The zero-order valence-electron chi connectivity index (χ0n) is 33.4. The lowest BCUT2D eigenvalue weighted by Crippen LogP contribution is -2.36. The van der Waals surface area contributed by atoms with Crippen LogP contribution in [0.3, 0.4) is 0 Å². The Bertz CT molecular complexity index is 1760. The highest BCUT2D eigenvalue weighted by molar-refractivity contribution is 5.89. The molecule has 0 heterocycles. The molecule has 55 heavy (non-hydrogen) atoms. The largest absolute Gasteiger partial charge is 0.423 e. The highest BCUT2D eigenvalue weighted by atomic mass is 16.5. The number of benzene rings is 4. The molecule has 4 aromatic rings. The molecule has 4 heteroatoms. The fourth-order valence-corrected chi connectivity index (χ4v) is 9.07. The van der Waals surface area contributed by atoms with Crippen molar-refractivity contribution in [3.05, 3.63) is 155 Å². The summed E-state index contributed by atoms with van der Waals surface area (Å²) in [6.07, 6.45) is 17.8. The first-order valence-corrected chi connectivity index (χ1v) is 20.7. The molecule has 0 unspecified atom stereocenters. The Balaban J connectivity index is 1.16. The van der Waals surface area contributed by atoms with Crippen molar-refractivity contribution >= 4 is 11.9 Å². The maximum atomic E-state index is 11.9. The van der Waals surface area contributed by atoms with Crippen LogP contribution in [0.25, 0.3) is 0 Å². The summed E-state index contributed by atoms with van der Waals surface area (Å²) in [5.41, 5.74) is 8.50. The number of ether oxygens (including phenoxy) is 2. The summed E-state index contributed by atoms with van der Waals surface area (Å²) >= 11 is 0. The summed E-state index contributed by atoms with van der Waals surface area (Å²) in [6.45, 7) is 13.0. The van der Waals surface area contributed by atoms with Gasteiger partial charge in [0, 0.05) is 16.6 Å². The molecule has 0 amide bonds. The Hall–Kier alpha value is -4.70. The van der Waals surface area contributed by atoms with Crippen LogP contribution < -0.4 is 9.47 Å². The molecule has 4 aromatic carbocycles. The number of unbranched alkanes of at least 4 members (excludes halogenated alkanes) is 2. The fourth-order valence-electron chi connectivity index (χ4n) is 9.07. The predicted octanol–water partition coefficient (Wildman–Crippen LogP) is 12.7. The molecule has 0 bridgehead atoms. The van der Waals surface area contributed by atoms with Crippen molar-refractivity contribution in [2.24, 2.45) is 17.8 Å². The number of hydrogen-bond donors (Lipinski definition) is 0. The van der Waals surface area contributed by atoms with Crippen LogP contribution in [-0.2, 0) is 27.8 Å². The van der Waals surface area contributed by atoms with Crippen molar-refractivity contribution in [3.63, 3.8) is 0 Å². The standard InChI is InChI=1S/C51H60O4/c1-6-7-8-9-38-10-20-43(21-11-38)44-30-32-51(33-31-44,45-22-12-39(13-23-45)34-41-16-26-47(27-17-41)54-49(52)36(2)3)46-24-14-40(15-25-46)35-42-18-28-48(29-19-42)55-50(53)37(4)5/h12-19,22-29,38,43-44H,2,4,6-11,20-21,30-35H2,1,3,5H3. The third kappa shape index (κ3) is 10.5. The van der Waals surface area contributed by atoms with E-state index in [0.717, 1.165) is 30.6 Å². The van der Waals surface area contributed by atoms with Crippen LogP contribution in [0.2, 0.25) is 0 Å². The highest BCUT2D eigenvalue weighted by Gasteiger charge is 2.41. The van der Waals surface area contributed by atoms with Gasteiger partial charge in [-0.1, -0.05) is 131 Å². The Morgan fingerprint density at radius 3 is 1.33 bits per heavy atom. The van der Waals surface area contributed by atoms with Crippen LogP contribution in [0.1, 0.15) is 131 Å². The van der Waals surface area contributed by atoms with E-state index >= 15 is 0 Å². The van der Waals surface area contributed by atoms with Crippen LogP contribution in [-0.4, -0.2) is 11.9 Å². The van der Waals surface area contributed by atoms with Gasteiger partial charge >= 0.3 is 11.9 Å². The monoisotopic (exact) mass is 736 g/mol. The zero-order chi connectivity index (χ0) is 38.8. The average molecular weight is 737 g/mol. The van der Waals surface area contributed by atoms with Gasteiger partial charge in [0.15, 0.2) is 0 Å². The maximum absolute atomic E-state index is 11.9. The molecule has 0 N–H and O–H groups in total. The van der Waals surface area contributed by atoms with Crippen LogP contribution in [0.4, 0.5) is 0 Å². The summed E-state index contributed by atoms with van der Waals surface area (Å²) in [7, 11) is 0. The zero-order valence-corrected chi connectivity index (χ0v) is 33.4. The molecule has 288 valence electrons. The van der Waals surface area contributed by atoms with Gasteiger partial charge in [-0.25, -0.2) is 9.59 Å². The predicted molar refractivity (Wildman–Crippen MR) is 225 cm³/mol. The summed E-state index contributed by atoms with van der Waals surface area (Å²) in [6, 6.07) is 34.3. The van der Waals surface area contributed by atoms with E-state index in [1.807, 2.05) is 48.5 Å². The smallest absolute Gasteiger partial charge is 0.338 e. The minimum absolute atomic E-state index is 0.00543. The molecule has 2 saturated carbocycles. The second-order valence-corrected chi connectivity index (χ2v) is 16.6. The normalized spacial score (nSPS) is 18.3. The van der Waals surface area contributed by atoms with Gasteiger partial charge in [0.1, 0.15) is 11.5 Å². The average Bonchev–Trinajstić information content (AvgIpc) is 3.20. The minimum Gasteiger partial charge on any atom is -0.423 e. The molecule has 2 aliphatic carbocycles. The van der Waals surface area contributed by atoms with E-state index in [1.165, 1.54) is 110 Å². The van der Waals surface area contributed by atoms with Gasteiger partial charge in [0.2, 0.25) is 0 Å². The number of carbonyl (C=O) groups is 2. The van der Waals surface area contributed by atoms with Crippen molar-refractivity contribution in [2.75, 3.05) is 0 Å².